The molecule has 0 heterocycles. The third-order valence-corrected chi connectivity index (χ3v) is 2.94. The Morgan fingerprint density at radius 1 is 1.36 bits per heavy atom. The fraction of sp³-hybridized carbons (Fsp3) is 1.00. The van der Waals surface area contributed by atoms with E-state index in [0.29, 0.717) is 11.8 Å². The molecule has 0 spiro atoms. The molecule has 11 heavy (non-hydrogen) atoms. The van der Waals surface area contributed by atoms with Crippen molar-refractivity contribution in [3.8, 4) is 0 Å². The monoisotopic (exact) mass is 158 g/mol. The van der Waals surface area contributed by atoms with Gasteiger partial charge in [-0.1, -0.05) is 33.1 Å². The quantitative estimate of drug-likeness (QED) is 0.512. The van der Waals surface area contributed by atoms with E-state index in [9.17, 15) is 4.39 Å². The lowest BCUT2D eigenvalue weighted by molar-refractivity contribution is 0.197. The summed E-state index contributed by atoms with van der Waals surface area (Å²) < 4.78 is 13.4. The van der Waals surface area contributed by atoms with Crippen LogP contribution in [0, 0.1) is 11.8 Å². The van der Waals surface area contributed by atoms with Gasteiger partial charge in [0.05, 0.1) is 0 Å². The molecular weight excluding hydrogens is 139 g/mol. The van der Waals surface area contributed by atoms with Crippen molar-refractivity contribution in [2.75, 3.05) is 0 Å². The van der Waals surface area contributed by atoms with Gasteiger partial charge in [0.1, 0.15) is 6.17 Å². The Labute approximate surface area is 69.2 Å². The van der Waals surface area contributed by atoms with Crippen LogP contribution in [0.3, 0.4) is 0 Å². The first kappa shape index (κ1) is 9.02. The standard InChI is InChI=1S/C10H19F/c1-3-9-6-4-5-8(2)7-10(9)11/h8-10H,3-7H2,1-2H3. The van der Waals surface area contributed by atoms with Crippen LogP contribution in [0.25, 0.3) is 0 Å². The van der Waals surface area contributed by atoms with Gasteiger partial charge in [0, 0.05) is 0 Å². The molecule has 0 aromatic carbocycles. The average molecular weight is 158 g/mol. The highest BCUT2D eigenvalue weighted by molar-refractivity contribution is 4.75. The highest BCUT2D eigenvalue weighted by Gasteiger charge is 2.24. The first-order valence-corrected chi connectivity index (χ1v) is 4.88. The normalized spacial score (nSPS) is 40.1. The predicted octanol–water partition coefficient (Wildman–Crippen LogP) is 3.56. The fourth-order valence-electron chi connectivity index (χ4n) is 2.06. The summed E-state index contributed by atoms with van der Waals surface area (Å²) in [5, 5.41) is 0. The van der Waals surface area contributed by atoms with Crippen molar-refractivity contribution in [2.24, 2.45) is 11.8 Å². The summed E-state index contributed by atoms with van der Waals surface area (Å²) in [4.78, 5) is 0. The van der Waals surface area contributed by atoms with Gasteiger partial charge in [0.25, 0.3) is 0 Å². The number of halogens is 1. The van der Waals surface area contributed by atoms with E-state index in [0.717, 1.165) is 19.3 Å². The van der Waals surface area contributed by atoms with Crippen LogP contribution < -0.4 is 0 Å². The van der Waals surface area contributed by atoms with Gasteiger partial charge in [-0.15, -0.1) is 0 Å². The average Bonchev–Trinajstić information content (AvgIpc) is 2.11. The fourth-order valence-corrected chi connectivity index (χ4v) is 2.06. The summed E-state index contributed by atoms with van der Waals surface area (Å²) in [5.41, 5.74) is 0. The summed E-state index contributed by atoms with van der Waals surface area (Å²) in [6.45, 7) is 4.28. The van der Waals surface area contributed by atoms with Gasteiger partial charge in [-0.3, -0.25) is 0 Å². The molecule has 0 aromatic heterocycles. The molecule has 0 N–H and O–H groups in total. The SMILES string of the molecule is CCC1CCCC(C)CC1F. The Morgan fingerprint density at radius 2 is 2.09 bits per heavy atom. The maximum Gasteiger partial charge on any atom is 0.103 e. The largest absolute Gasteiger partial charge is 0.247 e. The van der Waals surface area contributed by atoms with Crippen LogP contribution in [0.15, 0.2) is 0 Å². The molecule has 0 nitrogen and oxygen atoms in total. The van der Waals surface area contributed by atoms with Crippen molar-refractivity contribution >= 4 is 0 Å². The van der Waals surface area contributed by atoms with Crippen LogP contribution in [0.5, 0.6) is 0 Å². The lowest BCUT2D eigenvalue weighted by Gasteiger charge is -2.16. The molecule has 0 saturated heterocycles. The van der Waals surface area contributed by atoms with Crippen LogP contribution in [-0.4, -0.2) is 6.17 Å². The zero-order chi connectivity index (χ0) is 8.27. The molecule has 1 rings (SSSR count). The number of rotatable bonds is 1. The van der Waals surface area contributed by atoms with E-state index in [1.54, 1.807) is 0 Å². The van der Waals surface area contributed by atoms with Gasteiger partial charge in [0.15, 0.2) is 0 Å². The smallest absolute Gasteiger partial charge is 0.103 e. The third kappa shape index (κ3) is 2.46. The molecule has 1 fully saturated rings. The molecule has 1 aliphatic rings. The maximum absolute atomic E-state index is 13.4. The van der Waals surface area contributed by atoms with E-state index < -0.39 is 6.17 Å². The van der Waals surface area contributed by atoms with E-state index in [-0.39, 0.29) is 0 Å². The molecule has 0 amide bonds. The van der Waals surface area contributed by atoms with Gasteiger partial charge in [0.2, 0.25) is 0 Å². The number of hydrogen-bond acceptors (Lipinski definition) is 0. The summed E-state index contributed by atoms with van der Waals surface area (Å²) in [6, 6.07) is 0. The lowest BCUT2D eigenvalue weighted by Crippen LogP contribution is -2.14. The molecule has 0 bridgehead atoms. The molecule has 1 aliphatic carbocycles. The second-order valence-corrected chi connectivity index (χ2v) is 3.96. The van der Waals surface area contributed by atoms with Crippen LogP contribution in [0.1, 0.15) is 46.0 Å². The molecular formula is C10H19F. The highest BCUT2D eigenvalue weighted by Crippen LogP contribution is 2.30. The molecule has 0 aliphatic heterocycles. The molecule has 3 unspecified atom stereocenters. The van der Waals surface area contributed by atoms with E-state index >= 15 is 0 Å². The van der Waals surface area contributed by atoms with Crippen molar-refractivity contribution in [3.05, 3.63) is 0 Å². The summed E-state index contributed by atoms with van der Waals surface area (Å²) in [7, 11) is 0. The second kappa shape index (κ2) is 4.08. The van der Waals surface area contributed by atoms with Crippen LogP contribution in [-0.2, 0) is 0 Å². The van der Waals surface area contributed by atoms with Gasteiger partial charge in [-0.25, -0.2) is 4.39 Å². The Hall–Kier alpha value is -0.0700. The van der Waals surface area contributed by atoms with Crippen LogP contribution in [0.4, 0.5) is 4.39 Å². The Bertz CT molecular complexity index is 111. The molecule has 1 saturated carbocycles. The summed E-state index contributed by atoms with van der Waals surface area (Å²) >= 11 is 0. The zero-order valence-electron chi connectivity index (χ0n) is 7.65. The van der Waals surface area contributed by atoms with Crippen LogP contribution in [0.2, 0.25) is 0 Å². The molecule has 3 atom stereocenters. The first-order chi connectivity index (χ1) is 5.24. The molecule has 1 heteroatoms. The third-order valence-electron chi connectivity index (χ3n) is 2.94. The Morgan fingerprint density at radius 3 is 2.73 bits per heavy atom. The van der Waals surface area contributed by atoms with E-state index in [2.05, 4.69) is 13.8 Å². The minimum Gasteiger partial charge on any atom is -0.247 e. The van der Waals surface area contributed by atoms with Crippen molar-refractivity contribution in [2.45, 2.75) is 52.1 Å². The van der Waals surface area contributed by atoms with Crippen molar-refractivity contribution in [3.63, 3.8) is 0 Å². The van der Waals surface area contributed by atoms with Gasteiger partial charge < -0.3 is 0 Å². The maximum atomic E-state index is 13.4. The predicted molar refractivity (Wildman–Crippen MR) is 46.3 cm³/mol. The summed E-state index contributed by atoms with van der Waals surface area (Å²) in [5.74, 6) is 0.974. The molecule has 66 valence electrons. The molecule has 0 aromatic rings. The second-order valence-electron chi connectivity index (χ2n) is 3.96. The summed E-state index contributed by atoms with van der Waals surface area (Å²) in [6.07, 6.45) is 4.89. The number of alkyl halides is 1. The van der Waals surface area contributed by atoms with Crippen molar-refractivity contribution in [1.29, 1.82) is 0 Å². The van der Waals surface area contributed by atoms with Gasteiger partial charge >= 0.3 is 0 Å². The van der Waals surface area contributed by atoms with Crippen LogP contribution >= 0.6 is 0 Å². The topological polar surface area (TPSA) is 0 Å². The van der Waals surface area contributed by atoms with Crippen molar-refractivity contribution < 1.29 is 4.39 Å². The minimum atomic E-state index is -0.516. The van der Waals surface area contributed by atoms with Gasteiger partial charge in [-0.2, -0.15) is 0 Å². The van der Waals surface area contributed by atoms with Crippen molar-refractivity contribution in [1.82, 2.24) is 0 Å². The van der Waals surface area contributed by atoms with E-state index in [4.69, 9.17) is 0 Å². The highest BCUT2D eigenvalue weighted by atomic mass is 19.1. The molecule has 0 radical (unpaired) electrons. The number of hydrogen-bond donors (Lipinski definition) is 0. The Balaban J connectivity index is 2.43. The first-order valence-electron chi connectivity index (χ1n) is 4.88. The zero-order valence-corrected chi connectivity index (χ0v) is 7.65. The Kier molecular flexibility index (Phi) is 3.35. The van der Waals surface area contributed by atoms with E-state index in [1.807, 2.05) is 0 Å². The van der Waals surface area contributed by atoms with Gasteiger partial charge in [-0.05, 0) is 24.7 Å². The minimum absolute atomic E-state index is 0.361. The lowest BCUT2D eigenvalue weighted by atomic mass is 9.95. The van der Waals surface area contributed by atoms with E-state index in [1.165, 1.54) is 12.8 Å².